The number of hydrogen-bond donors (Lipinski definition) is 0. The highest BCUT2D eigenvalue weighted by atomic mass is 32.2. The minimum atomic E-state index is -3.73. The Morgan fingerprint density at radius 1 is 1.07 bits per heavy atom. The molecule has 0 saturated heterocycles. The fourth-order valence-corrected chi connectivity index (χ4v) is 3.48. The van der Waals surface area contributed by atoms with Crippen molar-refractivity contribution in [2.45, 2.75) is 31.1 Å². The largest absolute Gasteiger partial charge is 0.284 e. The van der Waals surface area contributed by atoms with Gasteiger partial charge < -0.3 is 0 Å². The number of benzene rings is 2. The Kier molecular flexibility index (Phi) is 5.67. The number of aromatic nitrogens is 3. The Labute approximate surface area is 157 Å². The van der Waals surface area contributed by atoms with E-state index in [1.165, 1.54) is 18.3 Å². The summed E-state index contributed by atoms with van der Waals surface area (Å²) in [4.78, 5) is 0.176. The summed E-state index contributed by atoms with van der Waals surface area (Å²) in [5.74, 6) is 5.69. The van der Waals surface area contributed by atoms with Crippen molar-refractivity contribution in [3.8, 4) is 11.8 Å². The fraction of sp³-hybridized carbons (Fsp3) is 0.200. The van der Waals surface area contributed by atoms with Crippen LogP contribution in [0, 0.1) is 24.6 Å². The Morgan fingerprint density at radius 2 is 1.78 bits per heavy atom. The van der Waals surface area contributed by atoms with E-state index in [1.807, 2.05) is 6.92 Å². The number of rotatable bonds is 5. The van der Waals surface area contributed by atoms with Gasteiger partial charge in [0.25, 0.3) is 10.0 Å². The molecule has 0 aliphatic rings. The topological polar surface area (TPSA) is 64.8 Å². The Balaban J connectivity index is 1.58. The maximum absolute atomic E-state index is 12.8. The van der Waals surface area contributed by atoms with Gasteiger partial charge in [0.2, 0.25) is 0 Å². The number of nitrogens with zero attached hydrogens (tertiary/aromatic N) is 3. The maximum Gasteiger partial charge on any atom is 0.284 e. The molecule has 2 aromatic carbocycles. The average molecular weight is 383 g/mol. The van der Waals surface area contributed by atoms with E-state index in [2.05, 4.69) is 22.2 Å². The van der Waals surface area contributed by atoms with E-state index in [0.717, 1.165) is 21.6 Å². The van der Waals surface area contributed by atoms with Crippen LogP contribution < -0.4 is 0 Å². The van der Waals surface area contributed by atoms with Crippen molar-refractivity contribution in [3.63, 3.8) is 0 Å². The molecule has 138 valence electrons. The number of aryl methyl sites for hydroxylation is 2. The predicted octanol–water partition coefficient (Wildman–Crippen LogP) is 3.34. The van der Waals surface area contributed by atoms with Crippen LogP contribution in [0.4, 0.5) is 4.39 Å². The summed E-state index contributed by atoms with van der Waals surface area (Å²) in [7, 11) is -3.73. The van der Waals surface area contributed by atoms with Gasteiger partial charge >= 0.3 is 0 Å². The lowest BCUT2D eigenvalue weighted by Crippen LogP contribution is -2.13. The molecule has 0 radical (unpaired) electrons. The normalized spacial score (nSPS) is 11.0. The van der Waals surface area contributed by atoms with Crippen LogP contribution in [-0.2, 0) is 16.4 Å². The van der Waals surface area contributed by atoms with Crippen molar-refractivity contribution >= 4 is 10.0 Å². The molecule has 1 aromatic heterocycles. The van der Waals surface area contributed by atoms with Crippen LogP contribution in [0.2, 0.25) is 0 Å². The highest BCUT2D eigenvalue weighted by molar-refractivity contribution is 7.89. The molecule has 3 rings (SSSR count). The summed E-state index contributed by atoms with van der Waals surface area (Å²) < 4.78 is 38.8. The average Bonchev–Trinajstić information content (AvgIpc) is 3.13. The van der Waals surface area contributed by atoms with E-state index in [0.29, 0.717) is 18.5 Å². The van der Waals surface area contributed by atoms with Crippen molar-refractivity contribution < 1.29 is 12.8 Å². The van der Waals surface area contributed by atoms with Gasteiger partial charge in [-0.25, -0.2) is 4.39 Å². The second kappa shape index (κ2) is 8.14. The van der Waals surface area contributed by atoms with Crippen LogP contribution in [0.15, 0.2) is 59.6 Å². The molecule has 0 unspecified atom stereocenters. The van der Waals surface area contributed by atoms with Crippen LogP contribution >= 0.6 is 0 Å². The van der Waals surface area contributed by atoms with Gasteiger partial charge in [-0.1, -0.05) is 34.8 Å². The van der Waals surface area contributed by atoms with Crippen molar-refractivity contribution in [1.82, 2.24) is 14.4 Å². The third-order valence-corrected chi connectivity index (χ3v) is 5.44. The molecular formula is C20H18FN3O2S. The van der Waals surface area contributed by atoms with Crippen molar-refractivity contribution in [2.24, 2.45) is 0 Å². The van der Waals surface area contributed by atoms with Crippen LogP contribution in [-0.4, -0.2) is 22.8 Å². The minimum Gasteiger partial charge on any atom is -0.207 e. The van der Waals surface area contributed by atoms with Crippen molar-refractivity contribution in [1.29, 1.82) is 0 Å². The molecule has 0 saturated carbocycles. The smallest absolute Gasteiger partial charge is 0.207 e. The van der Waals surface area contributed by atoms with Gasteiger partial charge in [-0.2, -0.15) is 8.42 Å². The van der Waals surface area contributed by atoms with Crippen LogP contribution in [0.25, 0.3) is 0 Å². The van der Waals surface area contributed by atoms with Gasteiger partial charge in [-0.05, 0) is 56.2 Å². The second-order valence-electron chi connectivity index (χ2n) is 6.06. The first kappa shape index (κ1) is 18.8. The van der Waals surface area contributed by atoms with Crippen LogP contribution in [0.3, 0.4) is 0 Å². The van der Waals surface area contributed by atoms with E-state index >= 15 is 0 Å². The van der Waals surface area contributed by atoms with Crippen LogP contribution in [0.1, 0.15) is 29.7 Å². The number of halogens is 1. The summed E-state index contributed by atoms with van der Waals surface area (Å²) in [6.45, 7) is 1.89. The van der Waals surface area contributed by atoms with E-state index in [1.54, 1.807) is 36.4 Å². The molecule has 0 amide bonds. The molecule has 0 bridgehead atoms. The monoisotopic (exact) mass is 383 g/mol. The lowest BCUT2D eigenvalue weighted by molar-refractivity contribution is 0.577. The highest BCUT2D eigenvalue weighted by Gasteiger charge is 2.18. The van der Waals surface area contributed by atoms with Gasteiger partial charge in [-0.15, -0.1) is 9.19 Å². The molecule has 0 spiro atoms. The number of unbranched alkanes of at least 4 members (excludes halogenated alkanes) is 1. The minimum absolute atomic E-state index is 0.176. The molecule has 0 atom stereocenters. The van der Waals surface area contributed by atoms with Crippen molar-refractivity contribution in [3.05, 3.63) is 77.4 Å². The zero-order chi connectivity index (χ0) is 19.3. The summed E-state index contributed by atoms with van der Waals surface area (Å²) in [5, 5.41) is 7.68. The zero-order valence-electron chi connectivity index (χ0n) is 14.8. The summed E-state index contributed by atoms with van der Waals surface area (Å²) in [6, 6.07) is 12.6. The van der Waals surface area contributed by atoms with E-state index < -0.39 is 10.0 Å². The molecule has 0 aliphatic heterocycles. The molecule has 0 fully saturated rings. The van der Waals surface area contributed by atoms with Crippen molar-refractivity contribution in [2.75, 3.05) is 0 Å². The van der Waals surface area contributed by atoms with E-state index in [4.69, 9.17) is 0 Å². The Bertz CT molecular complexity index is 1080. The molecule has 0 aliphatic carbocycles. The first-order valence-electron chi connectivity index (χ1n) is 8.43. The molecule has 0 N–H and O–H groups in total. The number of hydrogen-bond acceptors (Lipinski definition) is 4. The lowest BCUT2D eigenvalue weighted by atomic mass is 10.2. The molecule has 1 heterocycles. The second-order valence-corrected chi connectivity index (χ2v) is 7.86. The van der Waals surface area contributed by atoms with Gasteiger partial charge in [0.05, 0.1) is 16.8 Å². The Hall–Kier alpha value is -2.98. The Morgan fingerprint density at radius 3 is 2.48 bits per heavy atom. The molecule has 27 heavy (non-hydrogen) atoms. The van der Waals surface area contributed by atoms with Gasteiger partial charge in [0, 0.05) is 12.0 Å². The first-order valence-corrected chi connectivity index (χ1v) is 9.87. The van der Waals surface area contributed by atoms with Crippen LogP contribution in [0.5, 0.6) is 0 Å². The molecule has 3 aromatic rings. The molecule has 5 nitrogen and oxygen atoms in total. The zero-order valence-corrected chi connectivity index (χ0v) is 15.6. The maximum atomic E-state index is 12.8. The standard InChI is InChI=1S/C20H18FN3O2S/c1-16-7-13-20(14-8-16)27(25,26)24-15-19(22-23-24)6-4-2-3-5-17-9-11-18(21)12-10-17/h7-15H,2,4,6H2,1H3. The molecular weight excluding hydrogens is 365 g/mol. The third-order valence-electron chi connectivity index (χ3n) is 3.90. The first-order chi connectivity index (χ1) is 12.9. The summed E-state index contributed by atoms with van der Waals surface area (Å²) >= 11 is 0. The van der Waals surface area contributed by atoms with Gasteiger partial charge in [0.1, 0.15) is 5.82 Å². The SMILES string of the molecule is Cc1ccc(S(=O)(=O)n2cc(CCCC#Cc3ccc(F)cc3)nn2)cc1. The lowest BCUT2D eigenvalue weighted by Gasteiger charge is -2.03. The fourth-order valence-electron chi connectivity index (χ4n) is 2.39. The molecule has 7 heteroatoms. The third kappa shape index (κ3) is 4.80. The van der Waals surface area contributed by atoms with E-state index in [-0.39, 0.29) is 10.7 Å². The quantitative estimate of drug-likeness (QED) is 0.501. The summed E-state index contributed by atoms with van der Waals surface area (Å²) in [5.41, 5.74) is 2.33. The summed E-state index contributed by atoms with van der Waals surface area (Å²) in [6.07, 6.45) is 3.34. The van der Waals surface area contributed by atoms with Gasteiger partial charge in [-0.3, -0.25) is 0 Å². The highest BCUT2D eigenvalue weighted by Crippen LogP contribution is 2.14. The predicted molar refractivity (Wildman–Crippen MR) is 100 cm³/mol. The van der Waals surface area contributed by atoms with E-state index in [9.17, 15) is 12.8 Å². The van der Waals surface area contributed by atoms with Gasteiger partial charge in [0.15, 0.2) is 0 Å².